The van der Waals surface area contributed by atoms with Gasteiger partial charge in [0.2, 0.25) is 10.0 Å². The van der Waals surface area contributed by atoms with E-state index in [2.05, 4.69) is 26.1 Å². The molecule has 17 heavy (non-hydrogen) atoms. The third kappa shape index (κ3) is 4.02. The van der Waals surface area contributed by atoms with E-state index in [0.717, 1.165) is 12.1 Å². The highest BCUT2D eigenvalue weighted by molar-refractivity contribution is 7.89. The molecule has 0 saturated heterocycles. The molecule has 96 valence electrons. The zero-order valence-corrected chi connectivity index (χ0v) is 11.3. The number of benzene rings is 1. The molecule has 0 aromatic heterocycles. The van der Waals surface area contributed by atoms with Gasteiger partial charge in [-0.3, -0.25) is 0 Å². The second kappa shape index (κ2) is 5.51. The number of nitrogens with one attached hydrogen (secondary N) is 1. The lowest BCUT2D eigenvalue weighted by molar-refractivity contribution is 0.494. The quantitative estimate of drug-likeness (QED) is 0.848. The van der Waals surface area contributed by atoms with E-state index in [1.807, 2.05) is 6.07 Å². The normalized spacial score (nSPS) is 15.3. The number of rotatable bonds is 5. The highest BCUT2D eigenvalue weighted by Gasteiger charge is 2.12. The Kier molecular flexibility index (Phi) is 4.54. The van der Waals surface area contributed by atoms with Crippen molar-refractivity contribution >= 4 is 15.7 Å². The Morgan fingerprint density at radius 1 is 1.35 bits per heavy atom. The molecule has 3 N–H and O–H groups in total. The van der Waals surface area contributed by atoms with Crippen LogP contribution < -0.4 is 10.5 Å². The van der Waals surface area contributed by atoms with Gasteiger partial charge in [-0.05, 0) is 31.0 Å². The number of primary sulfonamides is 1. The van der Waals surface area contributed by atoms with Gasteiger partial charge < -0.3 is 5.32 Å². The van der Waals surface area contributed by atoms with Crippen LogP contribution in [-0.2, 0) is 10.0 Å². The van der Waals surface area contributed by atoms with Gasteiger partial charge in [-0.25, -0.2) is 13.6 Å². The molecule has 0 radical (unpaired) electrons. The molecule has 2 unspecified atom stereocenters. The average Bonchev–Trinajstić information content (AvgIpc) is 2.27. The Morgan fingerprint density at radius 3 is 2.53 bits per heavy atom. The van der Waals surface area contributed by atoms with Crippen LogP contribution in [0, 0.1) is 5.92 Å². The van der Waals surface area contributed by atoms with Crippen LogP contribution in [-0.4, -0.2) is 14.5 Å². The third-order valence-electron chi connectivity index (χ3n) is 3.05. The van der Waals surface area contributed by atoms with Gasteiger partial charge >= 0.3 is 0 Å². The van der Waals surface area contributed by atoms with Crippen molar-refractivity contribution in [3.63, 3.8) is 0 Å². The van der Waals surface area contributed by atoms with Gasteiger partial charge in [-0.2, -0.15) is 0 Å². The van der Waals surface area contributed by atoms with E-state index in [1.54, 1.807) is 12.1 Å². The molecule has 0 aliphatic carbocycles. The van der Waals surface area contributed by atoms with Crippen LogP contribution in [0.5, 0.6) is 0 Å². The minimum atomic E-state index is -3.63. The number of sulfonamides is 1. The molecule has 5 heteroatoms. The van der Waals surface area contributed by atoms with Gasteiger partial charge in [0.25, 0.3) is 0 Å². The van der Waals surface area contributed by atoms with Gasteiger partial charge in [0.05, 0.1) is 4.90 Å². The molecule has 1 aromatic carbocycles. The Labute approximate surface area is 103 Å². The Hall–Kier alpha value is -1.07. The molecule has 0 bridgehead atoms. The molecule has 0 aliphatic heterocycles. The monoisotopic (exact) mass is 256 g/mol. The summed E-state index contributed by atoms with van der Waals surface area (Å²) in [5.41, 5.74) is 0.782. The summed E-state index contributed by atoms with van der Waals surface area (Å²) in [6.45, 7) is 6.36. The Balaban J connectivity index is 2.87. The smallest absolute Gasteiger partial charge is 0.238 e. The lowest BCUT2D eigenvalue weighted by Crippen LogP contribution is -2.23. The summed E-state index contributed by atoms with van der Waals surface area (Å²) >= 11 is 0. The van der Waals surface area contributed by atoms with Crippen molar-refractivity contribution < 1.29 is 8.42 Å². The minimum absolute atomic E-state index is 0.138. The van der Waals surface area contributed by atoms with Crippen molar-refractivity contribution in [2.75, 3.05) is 5.32 Å². The molecule has 0 aliphatic rings. The predicted molar refractivity (Wildman–Crippen MR) is 70.4 cm³/mol. The highest BCUT2D eigenvalue weighted by Crippen LogP contribution is 2.18. The second-order valence-corrected chi connectivity index (χ2v) is 5.95. The topological polar surface area (TPSA) is 72.2 Å². The first-order valence-electron chi connectivity index (χ1n) is 5.74. The van der Waals surface area contributed by atoms with Crippen LogP contribution in [0.2, 0.25) is 0 Å². The maximum absolute atomic E-state index is 11.2. The summed E-state index contributed by atoms with van der Waals surface area (Å²) in [6.07, 6.45) is 1.07. The number of hydrogen-bond donors (Lipinski definition) is 2. The van der Waals surface area contributed by atoms with Crippen molar-refractivity contribution in [1.82, 2.24) is 0 Å². The number of hydrogen-bond acceptors (Lipinski definition) is 3. The van der Waals surface area contributed by atoms with Crippen LogP contribution in [0.3, 0.4) is 0 Å². The molecule has 0 heterocycles. The van der Waals surface area contributed by atoms with Crippen molar-refractivity contribution in [3.8, 4) is 0 Å². The maximum Gasteiger partial charge on any atom is 0.238 e. The summed E-state index contributed by atoms with van der Waals surface area (Å²) < 4.78 is 22.4. The van der Waals surface area contributed by atoms with Gasteiger partial charge in [0.1, 0.15) is 0 Å². The molecular weight excluding hydrogens is 236 g/mol. The van der Waals surface area contributed by atoms with Crippen molar-refractivity contribution in [1.29, 1.82) is 0 Å². The summed E-state index contributed by atoms with van der Waals surface area (Å²) in [4.78, 5) is 0.138. The molecule has 0 fully saturated rings. The van der Waals surface area contributed by atoms with Crippen LogP contribution in [0.15, 0.2) is 29.2 Å². The Morgan fingerprint density at radius 2 is 2.00 bits per heavy atom. The number of anilines is 1. The van der Waals surface area contributed by atoms with E-state index in [0.29, 0.717) is 5.92 Å². The standard InChI is InChI=1S/C12H20N2O2S/c1-4-9(2)10(3)14-11-6-5-7-12(8-11)17(13,15)16/h5-10,14H,4H2,1-3H3,(H2,13,15,16). The summed E-state index contributed by atoms with van der Waals surface area (Å²) in [5.74, 6) is 0.521. The number of nitrogens with two attached hydrogens (primary N) is 1. The van der Waals surface area contributed by atoms with E-state index in [4.69, 9.17) is 5.14 Å². The molecule has 0 saturated carbocycles. The van der Waals surface area contributed by atoms with Gasteiger partial charge in [-0.15, -0.1) is 0 Å². The van der Waals surface area contributed by atoms with Gasteiger partial charge in [0, 0.05) is 11.7 Å². The van der Waals surface area contributed by atoms with E-state index in [9.17, 15) is 8.42 Å². The third-order valence-corrected chi connectivity index (χ3v) is 3.97. The van der Waals surface area contributed by atoms with Crippen molar-refractivity contribution in [3.05, 3.63) is 24.3 Å². The lowest BCUT2D eigenvalue weighted by Gasteiger charge is -2.21. The van der Waals surface area contributed by atoms with Crippen LogP contribution >= 0.6 is 0 Å². The molecular formula is C12H20N2O2S. The maximum atomic E-state index is 11.2. The van der Waals surface area contributed by atoms with E-state index in [-0.39, 0.29) is 10.9 Å². The van der Waals surface area contributed by atoms with Crippen LogP contribution in [0.1, 0.15) is 27.2 Å². The average molecular weight is 256 g/mol. The molecule has 2 atom stereocenters. The van der Waals surface area contributed by atoms with Crippen LogP contribution in [0.4, 0.5) is 5.69 Å². The molecule has 0 spiro atoms. The molecule has 1 rings (SSSR count). The van der Waals surface area contributed by atoms with E-state index >= 15 is 0 Å². The SMILES string of the molecule is CCC(C)C(C)Nc1cccc(S(N)(=O)=O)c1. The van der Waals surface area contributed by atoms with E-state index < -0.39 is 10.0 Å². The fourth-order valence-corrected chi connectivity index (χ4v) is 2.08. The summed E-state index contributed by atoms with van der Waals surface area (Å²) in [7, 11) is -3.63. The van der Waals surface area contributed by atoms with Crippen LogP contribution in [0.25, 0.3) is 0 Å². The van der Waals surface area contributed by atoms with Gasteiger partial charge in [0.15, 0.2) is 0 Å². The fourth-order valence-electron chi connectivity index (χ4n) is 1.52. The first-order chi connectivity index (χ1) is 7.84. The summed E-state index contributed by atoms with van der Waals surface area (Å²) in [6, 6.07) is 6.87. The largest absolute Gasteiger partial charge is 0.382 e. The first-order valence-corrected chi connectivity index (χ1v) is 7.28. The summed E-state index contributed by atoms with van der Waals surface area (Å²) in [5, 5.41) is 8.37. The van der Waals surface area contributed by atoms with Crippen molar-refractivity contribution in [2.45, 2.75) is 38.1 Å². The zero-order valence-electron chi connectivity index (χ0n) is 10.5. The lowest BCUT2D eigenvalue weighted by atomic mass is 10.0. The van der Waals surface area contributed by atoms with E-state index in [1.165, 1.54) is 6.07 Å². The fraction of sp³-hybridized carbons (Fsp3) is 0.500. The van der Waals surface area contributed by atoms with Crippen molar-refractivity contribution in [2.24, 2.45) is 11.1 Å². The Bertz CT molecular complexity index is 471. The van der Waals surface area contributed by atoms with Gasteiger partial charge in [-0.1, -0.05) is 26.3 Å². The molecule has 1 aromatic rings. The minimum Gasteiger partial charge on any atom is -0.382 e. The molecule has 0 amide bonds. The highest BCUT2D eigenvalue weighted by atomic mass is 32.2. The molecule has 4 nitrogen and oxygen atoms in total. The zero-order chi connectivity index (χ0) is 13.1. The first kappa shape index (κ1) is 14.0. The second-order valence-electron chi connectivity index (χ2n) is 4.39. The predicted octanol–water partition coefficient (Wildman–Crippen LogP) is 2.18.